The van der Waals surface area contributed by atoms with Crippen LogP contribution in [0.15, 0.2) is 35.7 Å². The molecule has 2 aromatic heterocycles. The molecule has 132 valence electrons. The van der Waals surface area contributed by atoms with Crippen molar-refractivity contribution in [3.05, 3.63) is 41.9 Å². The maximum Gasteiger partial charge on any atom is 0.321 e. The monoisotopic (exact) mass is 354 g/mol. The first-order valence-corrected chi connectivity index (χ1v) is 7.74. The van der Waals surface area contributed by atoms with Crippen LogP contribution < -0.4 is 24.7 Å². The van der Waals surface area contributed by atoms with E-state index < -0.39 is 5.91 Å². The van der Waals surface area contributed by atoms with E-state index in [1.807, 2.05) is 0 Å². The molecule has 0 bridgehead atoms. The number of hydrogen-bond donors (Lipinski definition) is 1. The van der Waals surface area contributed by atoms with E-state index in [0.717, 1.165) is 5.56 Å². The fourth-order valence-corrected chi connectivity index (χ4v) is 2.56. The summed E-state index contributed by atoms with van der Waals surface area (Å²) in [6, 6.07) is 6.71. The number of carbonyl (C=O) groups excluding carboxylic acids is 1. The van der Waals surface area contributed by atoms with E-state index >= 15 is 0 Å². The molecule has 0 unspecified atom stereocenters. The molecule has 1 amide bonds. The van der Waals surface area contributed by atoms with Crippen LogP contribution in [0, 0.1) is 6.92 Å². The molecule has 0 radical (unpaired) electrons. The van der Waals surface area contributed by atoms with Gasteiger partial charge in [-0.25, -0.2) is 5.43 Å². The van der Waals surface area contributed by atoms with Gasteiger partial charge in [0.25, 0.3) is 12.2 Å². The molecule has 0 atom stereocenters. The van der Waals surface area contributed by atoms with Crippen molar-refractivity contribution in [2.24, 2.45) is 5.10 Å². The second-order valence-corrected chi connectivity index (χ2v) is 5.61. The van der Waals surface area contributed by atoms with Crippen molar-refractivity contribution in [1.82, 2.24) is 20.1 Å². The van der Waals surface area contributed by atoms with E-state index in [-0.39, 0.29) is 24.7 Å². The van der Waals surface area contributed by atoms with Crippen molar-refractivity contribution in [3.8, 4) is 17.2 Å². The van der Waals surface area contributed by atoms with Gasteiger partial charge in [0, 0.05) is 0 Å². The van der Waals surface area contributed by atoms with Gasteiger partial charge in [0.05, 0.1) is 11.9 Å². The lowest BCUT2D eigenvalue weighted by Crippen LogP contribution is -2.44. The molecule has 10 heteroatoms. The molecular weight excluding hydrogens is 340 g/mol. The number of aryl methyl sites for hydroxylation is 1. The number of hydrogen-bond acceptors (Lipinski definition) is 7. The first-order chi connectivity index (χ1) is 12.6. The number of rotatable bonds is 4. The molecule has 26 heavy (non-hydrogen) atoms. The Morgan fingerprint density at radius 3 is 3.15 bits per heavy atom. The number of fused-ring (bicyclic) bond motifs is 2. The molecule has 3 heterocycles. The first kappa shape index (κ1) is 15.8. The minimum atomic E-state index is -0.424. The molecule has 0 fully saturated rings. The zero-order chi connectivity index (χ0) is 18.1. The number of nitrogens with zero attached hydrogens (tertiary/aromatic N) is 5. The third-order valence-electron chi connectivity index (χ3n) is 3.68. The fraction of sp³-hybridized carbons (Fsp3) is 0.188. The van der Waals surface area contributed by atoms with Gasteiger partial charge < -0.3 is 14.6 Å². The van der Waals surface area contributed by atoms with Gasteiger partial charge >= 0.3 is 5.65 Å². The molecule has 1 aromatic carbocycles. The maximum atomic E-state index is 12.0. The van der Waals surface area contributed by atoms with Gasteiger partial charge in [-0.1, -0.05) is 9.61 Å². The van der Waals surface area contributed by atoms with E-state index in [9.17, 15) is 9.90 Å². The summed E-state index contributed by atoms with van der Waals surface area (Å²) in [6.45, 7) is 1.75. The lowest BCUT2D eigenvalue weighted by atomic mass is 10.2. The summed E-state index contributed by atoms with van der Waals surface area (Å²) in [4.78, 5) is 12.0. The van der Waals surface area contributed by atoms with Crippen LogP contribution in [0.4, 0.5) is 0 Å². The topological polar surface area (TPSA) is 117 Å². The first-order valence-electron chi connectivity index (χ1n) is 7.74. The maximum absolute atomic E-state index is 12.0. The molecule has 4 rings (SSSR count). The lowest BCUT2D eigenvalue weighted by Gasteiger charge is -2.04. The highest BCUT2D eigenvalue weighted by Crippen LogP contribution is 2.31. The van der Waals surface area contributed by atoms with Crippen LogP contribution in [0.2, 0.25) is 0 Å². The summed E-state index contributed by atoms with van der Waals surface area (Å²) in [7, 11) is 0. The Hall–Kier alpha value is -3.69. The van der Waals surface area contributed by atoms with Gasteiger partial charge in [-0.15, -0.1) is 4.68 Å². The van der Waals surface area contributed by atoms with Crippen LogP contribution in [-0.2, 0) is 11.3 Å². The summed E-state index contributed by atoms with van der Waals surface area (Å²) in [6.07, 6.45) is 2.87. The van der Waals surface area contributed by atoms with Gasteiger partial charge in [-0.3, -0.25) is 4.79 Å². The zero-order valence-electron chi connectivity index (χ0n) is 13.7. The number of hydrazone groups is 1. The van der Waals surface area contributed by atoms with Crippen molar-refractivity contribution >= 4 is 17.8 Å². The fourth-order valence-electron chi connectivity index (χ4n) is 2.56. The Morgan fingerprint density at radius 1 is 1.42 bits per heavy atom. The Bertz CT molecular complexity index is 1030. The SMILES string of the molecule is Cc1cc([O-])c2n(cn[n+]2CC(=O)N/N=C\c2ccc3c(c2)OCO3)n1. The molecule has 10 nitrogen and oxygen atoms in total. The third-order valence-corrected chi connectivity index (χ3v) is 3.68. The number of benzene rings is 1. The molecule has 3 aromatic rings. The molecule has 0 saturated heterocycles. The smallest absolute Gasteiger partial charge is 0.321 e. The summed E-state index contributed by atoms with van der Waals surface area (Å²) < 4.78 is 13.1. The second kappa shape index (κ2) is 6.31. The molecule has 0 aliphatic carbocycles. The standard InChI is InChI=1S/C16H14N6O4/c1-10-4-12(23)16-21(18-8-22(16)20-10)7-15(24)19-17-6-11-2-3-13-14(5-11)26-9-25-13/h2-6,8H,7,9H2,1H3,(H-,19,20,23,24)/b17-6-. The summed E-state index contributed by atoms with van der Waals surface area (Å²) >= 11 is 0. The van der Waals surface area contributed by atoms with E-state index in [4.69, 9.17) is 9.47 Å². The van der Waals surface area contributed by atoms with Crippen LogP contribution >= 0.6 is 0 Å². The Morgan fingerprint density at radius 2 is 2.27 bits per heavy atom. The Kier molecular flexibility index (Phi) is 3.84. The molecule has 0 saturated carbocycles. The summed E-state index contributed by atoms with van der Waals surface area (Å²) in [5.41, 5.74) is 3.93. The average molecular weight is 354 g/mol. The minimum Gasteiger partial charge on any atom is -0.867 e. The van der Waals surface area contributed by atoms with Gasteiger partial charge in [0.1, 0.15) is 0 Å². The Balaban J connectivity index is 1.43. The molecule has 0 spiro atoms. The number of amides is 1. The minimum absolute atomic E-state index is 0.158. The summed E-state index contributed by atoms with van der Waals surface area (Å²) in [5.74, 6) is 0.622. The van der Waals surface area contributed by atoms with Gasteiger partial charge in [-0.2, -0.15) is 5.10 Å². The molecule has 1 aliphatic heterocycles. The van der Waals surface area contributed by atoms with E-state index in [1.54, 1.807) is 25.1 Å². The van der Waals surface area contributed by atoms with Gasteiger partial charge in [0.2, 0.25) is 6.79 Å². The van der Waals surface area contributed by atoms with Crippen molar-refractivity contribution in [2.45, 2.75) is 13.5 Å². The number of nitrogens with one attached hydrogen (secondary N) is 1. The van der Waals surface area contributed by atoms with Crippen LogP contribution in [0.25, 0.3) is 5.65 Å². The highest BCUT2D eigenvalue weighted by molar-refractivity contribution is 5.83. The molecular formula is C16H14N6O4. The van der Waals surface area contributed by atoms with Crippen molar-refractivity contribution in [3.63, 3.8) is 0 Å². The lowest BCUT2D eigenvalue weighted by molar-refractivity contribution is -0.717. The van der Waals surface area contributed by atoms with Crippen LogP contribution in [0.5, 0.6) is 17.2 Å². The van der Waals surface area contributed by atoms with Crippen molar-refractivity contribution in [2.75, 3.05) is 6.79 Å². The predicted octanol–water partition coefficient (Wildman–Crippen LogP) is -0.722. The third kappa shape index (κ3) is 2.99. The van der Waals surface area contributed by atoms with Crippen molar-refractivity contribution in [1.29, 1.82) is 0 Å². The largest absolute Gasteiger partial charge is 0.867 e. The molecule has 1 N–H and O–H groups in total. The van der Waals surface area contributed by atoms with Crippen LogP contribution in [0.1, 0.15) is 11.3 Å². The zero-order valence-corrected chi connectivity index (χ0v) is 13.7. The number of aromatic nitrogens is 4. The van der Waals surface area contributed by atoms with Gasteiger partial charge in [0.15, 0.2) is 18.0 Å². The Labute approximate surface area is 147 Å². The normalized spacial score (nSPS) is 12.8. The summed E-state index contributed by atoms with van der Waals surface area (Å²) in [5, 5.41) is 24.1. The van der Waals surface area contributed by atoms with Crippen molar-refractivity contribution < 1.29 is 24.1 Å². The quantitative estimate of drug-likeness (QED) is 0.375. The molecule has 1 aliphatic rings. The van der Waals surface area contributed by atoms with Crippen LogP contribution in [-0.4, -0.2) is 33.6 Å². The van der Waals surface area contributed by atoms with E-state index in [1.165, 1.54) is 27.8 Å². The highest BCUT2D eigenvalue weighted by Gasteiger charge is 2.17. The number of carbonyl (C=O) groups is 1. The average Bonchev–Trinajstić information content (AvgIpc) is 3.21. The van der Waals surface area contributed by atoms with Gasteiger partial charge in [-0.05, 0) is 47.6 Å². The highest BCUT2D eigenvalue weighted by atomic mass is 16.7. The predicted molar refractivity (Wildman–Crippen MR) is 85.7 cm³/mol. The second-order valence-electron chi connectivity index (χ2n) is 5.61. The van der Waals surface area contributed by atoms with Crippen LogP contribution in [0.3, 0.4) is 0 Å². The van der Waals surface area contributed by atoms with E-state index in [2.05, 4.69) is 20.7 Å². The van der Waals surface area contributed by atoms with E-state index in [0.29, 0.717) is 17.2 Å². The number of ether oxygens (including phenoxy) is 2.